The summed E-state index contributed by atoms with van der Waals surface area (Å²) in [6.07, 6.45) is 0. The molecule has 2 heterocycles. The van der Waals surface area contributed by atoms with Crippen molar-refractivity contribution in [1.82, 2.24) is 0 Å². The number of nitrogens with zero attached hydrogens (tertiary/aromatic N) is 2. The summed E-state index contributed by atoms with van der Waals surface area (Å²) in [5.41, 5.74) is 22.7. The second kappa shape index (κ2) is 22.7. The Hall–Kier alpha value is -9.70. The quantitative estimate of drug-likeness (QED) is 0.133. The van der Waals surface area contributed by atoms with Gasteiger partial charge in [-0.25, -0.2) is 0 Å². The molecule has 0 amide bonds. The molecule has 446 valence electrons. The first-order chi connectivity index (χ1) is 46.2. The van der Waals surface area contributed by atoms with Crippen molar-refractivity contribution in [3.63, 3.8) is 0 Å². The summed E-state index contributed by atoms with van der Waals surface area (Å²) in [4.78, 5) is 4.67. The lowest BCUT2D eigenvalue weighted by Crippen LogP contribution is -2.61. The van der Waals surface area contributed by atoms with Crippen LogP contribution in [0.3, 0.4) is 0 Å². The summed E-state index contributed by atoms with van der Waals surface area (Å²) in [5.74, 6) is 0. The topological polar surface area (TPSA) is 6.48 Å². The molecule has 0 radical (unpaired) electrons. The highest BCUT2D eigenvalue weighted by Crippen LogP contribution is 2.55. The Bertz CT molecular complexity index is 4650. The smallest absolute Gasteiger partial charge is 0.252 e. The number of para-hydroxylation sites is 2. The fraction of sp³-hybridized carbons (Fsp3) is 0.182. The molecule has 0 N–H and O–H groups in total. The van der Waals surface area contributed by atoms with Gasteiger partial charge in [-0.05, 0) is 140 Å². The summed E-state index contributed by atoms with van der Waals surface area (Å²) < 4.78 is 60.9. The minimum Gasteiger partial charge on any atom is -0.310 e. The number of hydrogen-bond acceptors (Lipinski definition) is 2. The monoisotopic (exact) mass is 1180 g/mol. The maximum absolute atomic E-state index is 10.3. The Kier molecular flexibility index (Phi) is 13.0. The number of hydrogen-bond donors (Lipinski definition) is 0. The maximum Gasteiger partial charge on any atom is 0.252 e. The standard InChI is InChI=1S/C88H81BN2/c1-85(2,3)66-46-48-68(74(56-66)87(7,8)9)63-44-50-76-78(52-63)90(83-70(59-32-20-14-21-33-59)40-28-41-71(83)60-34-22-15-23-35-60)80-54-65(58-30-18-13-19-31-58)55-81-82(80)89(76)77-51-45-64(69-49-47-67(86(4,5)6)57-75(69)88(10,11)12)53-79(77)91(81)84-72(61-36-24-16-25-37-61)42-29-43-73(84)62-38-26-17-27-39-62/h13-57H,1-12H3/i28D,29D,40D,41D,42D,43D. The molecule has 0 saturated heterocycles. The van der Waals surface area contributed by atoms with E-state index in [1.165, 1.54) is 22.3 Å². The molecule has 0 fully saturated rings. The second-order valence-electron chi connectivity index (χ2n) is 28.9. The molecule has 0 spiro atoms. The zero-order chi connectivity index (χ0) is 68.4. The van der Waals surface area contributed by atoms with Crippen LogP contribution in [0.1, 0.15) is 114 Å². The van der Waals surface area contributed by atoms with Crippen LogP contribution in [0.25, 0.3) is 77.9 Å². The molecule has 0 saturated carbocycles. The maximum atomic E-state index is 10.3. The molecule has 91 heavy (non-hydrogen) atoms. The van der Waals surface area contributed by atoms with Gasteiger partial charge < -0.3 is 9.80 Å². The van der Waals surface area contributed by atoms with Crippen molar-refractivity contribution < 1.29 is 8.22 Å². The van der Waals surface area contributed by atoms with Gasteiger partial charge in [-0.3, -0.25) is 0 Å². The highest BCUT2D eigenvalue weighted by molar-refractivity contribution is 7.00. The Morgan fingerprint density at radius 2 is 0.582 bits per heavy atom. The van der Waals surface area contributed by atoms with E-state index in [9.17, 15) is 8.22 Å². The molecular weight excluding hydrogens is 1100 g/mol. The Morgan fingerprint density at radius 3 is 0.890 bits per heavy atom. The Morgan fingerprint density at radius 1 is 0.275 bits per heavy atom. The van der Waals surface area contributed by atoms with Crippen LogP contribution in [-0.2, 0) is 21.7 Å². The van der Waals surface area contributed by atoms with E-state index in [-0.39, 0.29) is 57.9 Å². The zero-order valence-electron chi connectivity index (χ0n) is 60.5. The van der Waals surface area contributed by atoms with Crippen LogP contribution in [-0.4, -0.2) is 6.71 Å². The van der Waals surface area contributed by atoms with Crippen molar-refractivity contribution in [2.24, 2.45) is 0 Å². The van der Waals surface area contributed by atoms with Gasteiger partial charge in [0.25, 0.3) is 6.71 Å². The van der Waals surface area contributed by atoms with Gasteiger partial charge in [0.05, 0.1) is 19.6 Å². The number of benzene rings is 12. The number of rotatable bonds is 9. The highest BCUT2D eigenvalue weighted by Gasteiger charge is 2.46. The molecule has 2 aliphatic heterocycles. The molecule has 2 nitrogen and oxygen atoms in total. The first kappa shape index (κ1) is 52.1. The molecule has 0 bridgehead atoms. The van der Waals surface area contributed by atoms with Crippen molar-refractivity contribution in [1.29, 1.82) is 0 Å². The van der Waals surface area contributed by atoms with E-state index in [4.69, 9.17) is 0 Å². The minimum absolute atomic E-state index is 0.0577. The zero-order valence-corrected chi connectivity index (χ0v) is 54.5. The van der Waals surface area contributed by atoms with Gasteiger partial charge >= 0.3 is 0 Å². The molecule has 2 aliphatic rings. The van der Waals surface area contributed by atoms with Crippen LogP contribution in [0.15, 0.2) is 273 Å². The fourth-order valence-electron chi connectivity index (χ4n) is 13.9. The third kappa shape index (κ3) is 10.7. The largest absolute Gasteiger partial charge is 0.310 e. The first-order valence-electron chi connectivity index (χ1n) is 35.1. The van der Waals surface area contributed by atoms with Crippen LogP contribution in [0.4, 0.5) is 34.1 Å². The van der Waals surface area contributed by atoms with Crippen LogP contribution in [0.2, 0.25) is 0 Å². The number of anilines is 6. The summed E-state index contributed by atoms with van der Waals surface area (Å²) >= 11 is 0. The summed E-state index contributed by atoms with van der Waals surface area (Å²) in [7, 11) is 0. The van der Waals surface area contributed by atoms with Crippen LogP contribution >= 0.6 is 0 Å². The fourth-order valence-corrected chi connectivity index (χ4v) is 13.9. The lowest BCUT2D eigenvalue weighted by molar-refractivity contribution is 0.569. The molecule has 0 aromatic heterocycles. The third-order valence-corrected chi connectivity index (χ3v) is 18.6. The van der Waals surface area contributed by atoms with Crippen LogP contribution < -0.4 is 26.2 Å². The van der Waals surface area contributed by atoms with E-state index >= 15 is 0 Å². The molecule has 3 heteroatoms. The SMILES string of the molecule is [2H]c1c([2H])c(-c2ccccc2)c(N2c3cc(-c4ccc(C(C)(C)C)cc4C(C)(C)C)ccc3B3c4ccc(-c5ccc(C(C)(C)C)cc5C(C)(C)C)cc4N(c4c(-c5ccccc5)c([2H])c([2H])c([2H])c4-c4ccccc4)c4cc(-c5ccccc5)cc2c43)c(-c2ccccc2)c1[2H]. The van der Waals surface area contributed by atoms with Gasteiger partial charge in [0.1, 0.15) is 0 Å². The van der Waals surface area contributed by atoms with Crippen molar-refractivity contribution in [2.45, 2.75) is 105 Å². The van der Waals surface area contributed by atoms with Gasteiger partial charge in [0, 0.05) is 45.0 Å². The lowest BCUT2D eigenvalue weighted by atomic mass is 9.33. The van der Waals surface area contributed by atoms with Crippen molar-refractivity contribution in [3.05, 3.63) is 295 Å². The number of fused-ring (bicyclic) bond motifs is 4. The molecule has 12 aromatic carbocycles. The molecule has 0 atom stereocenters. The highest BCUT2D eigenvalue weighted by atomic mass is 15.2. The Labute approximate surface area is 550 Å². The van der Waals surface area contributed by atoms with Gasteiger partial charge in [-0.15, -0.1) is 0 Å². The third-order valence-electron chi connectivity index (χ3n) is 18.6. The molecule has 12 aromatic rings. The van der Waals surface area contributed by atoms with Crippen molar-refractivity contribution >= 4 is 57.2 Å². The van der Waals surface area contributed by atoms with Gasteiger partial charge in [0.15, 0.2) is 0 Å². The van der Waals surface area contributed by atoms with E-state index in [0.29, 0.717) is 33.6 Å². The molecule has 0 unspecified atom stereocenters. The van der Waals surface area contributed by atoms with Crippen molar-refractivity contribution in [2.75, 3.05) is 9.80 Å². The van der Waals surface area contributed by atoms with E-state index < -0.39 is 6.71 Å². The minimum atomic E-state index is -0.463. The average molecular weight is 1180 g/mol. The second-order valence-corrected chi connectivity index (χ2v) is 28.9. The first-order valence-corrected chi connectivity index (χ1v) is 32.1. The predicted octanol–water partition coefficient (Wildman–Crippen LogP) is 22.6. The van der Waals surface area contributed by atoms with Crippen molar-refractivity contribution in [3.8, 4) is 77.9 Å². The van der Waals surface area contributed by atoms with Gasteiger partial charge in [0.2, 0.25) is 0 Å². The Balaban J connectivity index is 1.22. The predicted molar refractivity (Wildman–Crippen MR) is 393 cm³/mol. The normalized spacial score (nSPS) is 13.9. The average Bonchev–Trinajstić information content (AvgIpc) is 0.685. The summed E-state index contributed by atoms with van der Waals surface area (Å²) in [6.45, 7) is 26.9. The molecule has 14 rings (SSSR count). The summed E-state index contributed by atoms with van der Waals surface area (Å²) in [5, 5.41) is 0. The van der Waals surface area contributed by atoms with E-state index in [2.05, 4.69) is 202 Å². The summed E-state index contributed by atoms with van der Waals surface area (Å²) in [6, 6.07) is 82.2. The molecule has 0 aliphatic carbocycles. The van der Waals surface area contributed by atoms with Gasteiger partial charge in [-0.1, -0.05) is 332 Å². The van der Waals surface area contributed by atoms with E-state index in [1.54, 1.807) is 0 Å². The van der Waals surface area contributed by atoms with Crippen LogP contribution in [0, 0.1) is 0 Å². The molecular formula is C88H81BN2. The van der Waals surface area contributed by atoms with Gasteiger partial charge in [-0.2, -0.15) is 0 Å². The lowest BCUT2D eigenvalue weighted by Gasteiger charge is -2.46. The van der Waals surface area contributed by atoms with Crippen LogP contribution in [0.5, 0.6) is 0 Å². The van der Waals surface area contributed by atoms with E-state index in [1.807, 2.05) is 127 Å². The van der Waals surface area contributed by atoms with E-state index in [0.717, 1.165) is 94.8 Å².